The summed E-state index contributed by atoms with van der Waals surface area (Å²) in [6.45, 7) is 13.0. The molecule has 0 aliphatic rings. The number of rotatable bonds is 9. The summed E-state index contributed by atoms with van der Waals surface area (Å²) >= 11 is 0. The van der Waals surface area contributed by atoms with Crippen molar-refractivity contribution < 1.29 is 4.79 Å². The molecule has 0 unspecified atom stereocenters. The number of amides is 1. The molecule has 3 heteroatoms. The number of nitrogens with one attached hydrogen (secondary N) is 2. The average molecular weight is 224 g/mol. The molecule has 1 atom stereocenters. The van der Waals surface area contributed by atoms with Crippen LogP contribution in [-0.2, 0) is 4.79 Å². The number of hydrogen-bond acceptors (Lipinski definition) is 2. The summed E-state index contributed by atoms with van der Waals surface area (Å²) in [4.78, 5) is 11.8. The molecule has 0 saturated carbocycles. The first-order valence-corrected chi connectivity index (χ1v) is 5.88. The highest BCUT2D eigenvalue weighted by Crippen LogP contribution is 2.09. The maximum atomic E-state index is 11.8. The Bertz CT molecular complexity index is 216. The van der Waals surface area contributed by atoms with Crippen LogP contribution in [0.1, 0.15) is 26.7 Å². The Labute approximate surface area is 99.0 Å². The molecule has 0 fully saturated rings. The van der Waals surface area contributed by atoms with Gasteiger partial charge in [-0.25, -0.2) is 0 Å². The van der Waals surface area contributed by atoms with Crippen LogP contribution in [0, 0.1) is 5.92 Å². The van der Waals surface area contributed by atoms with Crippen LogP contribution in [-0.4, -0.2) is 25.0 Å². The van der Waals surface area contributed by atoms with Crippen LogP contribution in [0.3, 0.4) is 0 Å². The van der Waals surface area contributed by atoms with Crippen LogP contribution in [0.15, 0.2) is 25.3 Å². The van der Waals surface area contributed by atoms with E-state index in [4.69, 9.17) is 0 Å². The molecule has 0 aromatic rings. The predicted octanol–water partition coefficient (Wildman–Crippen LogP) is 1.87. The van der Waals surface area contributed by atoms with Gasteiger partial charge >= 0.3 is 0 Å². The highest BCUT2D eigenvalue weighted by Gasteiger charge is 2.15. The number of hydrogen-bond donors (Lipinski definition) is 2. The van der Waals surface area contributed by atoms with E-state index < -0.39 is 0 Å². The maximum Gasteiger partial charge on any atom is 0.223 e. The largest absolute Gasteiger partial charge is 0.354 e. The Balaban J connectivity index is 3.99. The van der Waals surface area contributed by atoms with Crippen molar-refractivity contribution in [3.05, 3.63) is 25.3 Å². The van der Waals surface area contributed by atoms with E-state index in [-0.39, 0.29) is 11.8 Å². The van der Waals surface area contributed by atoms with Crippen LogP contribution in [0.4, 0.5) is 0 Å². The Kier molecular flexibility index (Phi) is 8.53. The molecule has 0 spiro atoms. The minimum Gasteiger partial charge on any atom is -0.354 e. The summed E-state index contributed by atoms with van der Waals surface area (Å²) < 4.78 is 0. The van der Waals surface area contributed by atoms with E-state index in [1.54, 1.807) is 12.2 Å². The minimum absolute atomic E-state index is 0.0242. The molecule has 0 rings (SSSR count). The van der Waals surface area contributed by atoms with Crippen LogP contribution in [0.25, 0.3) is 0 Å². The van der Waals surface area contributed by atoms with Crippen molar-refractivity contribution in [2.24, 2.45) is 5.92 Å². The number of carbonyl (C=O) groups is 1. The van der Waals surface area contributed by atoms with Crippen molar-refractivity contribution in [3.8, 4) is 0 Å². The van der Waals surface area contributed by atoms with E-state index in [1.807, 2.05) is 0 Å². The predicted molar refractivity (Wildman–Crippen MR) is 69.3 cm³/mol. The second kappa shape index (κ2) is 9.16. The van der Waals surface area contributed by atoms with Crippen molar-refractivity contribution in [2.75, 3.05) is 13.1 Å². The smallest absolute Gasteiger partial charge is 0.223 e. The Morgan fingerprint density at radius 3 is 2.31 bits per heavy atom. The van der Waals surface area contributed by atoms with Gasteiger partial charge in [0.1, 0.15) is 0 Å². The fraction of sp³-hybridized carbons (Fsp3) is 0.615. The van der Waals surface area contributed by atoms with Gasteiger partial charge in [-0.3, -0.25) is 4.79 Å². The molecule has 0 radical (unpaired) electrons. The molecule has 0 aliphatic heterocycles. The quantitative estimate of drug-likeness (QED) is 0.587. The van der Waals surface area contributed by atoms with Crippen molar-refractivity contribution in [3.63, 3.8) is 0 Å². The molecule has 16 heavy (non-hydrogen) atoms. The topological polar surface area (TPSA) is 41.1 Å². The second-order valence-electron chi connectivity index (χ2n) is 3.95. The van der Waals surface area contributed by atoms with Gasteiger partial charge in [-0.05, 0) is 26.3 Å². The van der Waals surface area contributed by atoms with Crippen LogP contribution in [0.2, 0.25) is 0 Å². The third-order valence-electron chi connectivity index (χ3n) is 2.41. The first kappa shape index (κ1) is 14.9. The standard InChI is InChI=1S/C13H24N2O/c1-5-8-12(9-6-2)13(16)15-10-11(4)14-7-3/h5-6,11-12,14H,1-2,7-10H2,3-4H3,(H,15,16)/t11-/m1/s1. The molecule has 3 nitrogen and oxygen atoms in total. The summed E-state index contributed by atoms with van der Waals surface area (Å²) in [5.41, 5.74) is 0. The van der Waals surface area contributed by atoms with Gasteiger partial charge in [0.05, 0.1) is 0 Å². The molecule has 2 N–H and O–H groups in total. The third kappa shape index (κ3) is 6.40. The van der Waals surface area contributed by atoms with Gasteiger partial charge in [-0.1, -0.05) is 19.1 Å². The minimum atomic E-state index is -0.0242. The summed E-state index contributed by atoms with van der Waals surface area (Å²) in [7, 11) is 0. The highest BCUT2D eigenvalue weighted by molar-refractivity contribution is 5.79. The lowest BCUT2D eigenvalue weighted by atomic mass is 10.0. The van der Waals surface area contributed by atoms with Gasteiger partial charge in [0.2, 0.25) is 5.91 Å². The highest BCUT2D eigenvalue weighted by atomic mass is 16.1. The van der Waals surface area contributed by atoms with E-state index in [9.17, 15) is 4.79 Å². The fourth-order valence-corrected chi connectivity index (χ4v) is 1.53. The molecule has 0 bridgehead atoms. The first-order chi connectivity index (χ1) is 7.65. The Morgan fingerprint density at radius 1 is 1.31 bits per heavy atom. The van der Waals surface area contributed by atoms with Gasteiger partial charge < -0.3 is 10.6 Å². The first-order valence-electron chi connectivity index (χ1n) is 5.88. The van der Waals surface area contributed by atoms with Crippen LogP contribution < -0.4 is 10.6 Å². The summed E-state index contributed by atoms with van der Waals surface area (Å²) in [6.07, 6.45) is 4.96. The van der Waals surface area contributed by atoms with Crippen molar-refractivity contribution >= 4 is 5.91 Å². The molecule has 0 aliphatic carbocycles. The van der Waals surface area contributed by atoms with E-state index in [0.29, 0.717) is 25.4 Å². The van der Waals surface area contributed by atoms with Gasteiger partial charge in [0.25, 0.3) is 0 Å². The second-order valence-corrected chi connectivity index (χ2v) is 3.95. The van der Waals surface area contributed by atoms with Gasteiger partial charge in [0.15, 0.2) is 0 Å². The van der Waals surface area contributed by atoms with Gasteiger partial charge in [0, 0.05) is 18.5 Å². The Morgan fingerprint density at radius 2 is 1.88 bits per heavy atom. The molecule has 0 aromatic heterocycles. The lowest BCUT2D eigenvalue weighted by Gasteiger charge is -2.17. The van der Waals surface area contributed by atoms with E-state index in [1.165, 1.54) is 0 Å². The van der Waals surface area contributed by atoms with Crippen molar-refractivity contribution in [2.45, 2.75) is 32.7 Å². The molecular weight excluding hydrogens is 200 g/mol. The zero-order valence-electron chi connectivity index (χ0n) is 10.5. The maximum absolute atomic E-state index is 11.8. The summed E-state index contributed by atoms with van der Waals surface area (Å²) in [5, 5.41) is 6.19. The van der Waals surface area contributed by atoms with Gasteiger partial charge in [-0.15, -0.1) is 13.2 Å². The number of carbonyl (C=O) groups excluding carboxylic acids is 1. The lowest BCUT2D eigenvalue weighted by molar-refractivity contribution is -0.124. The van der Waals surface area contributed by atoms with Gasteiger partial charge in [-0.2, -0.15) is 0 Å². The summed E-state index contributed by atoms with van der Waals surface area (Å²) in [5.74, 6) is 0.0633. The molecule has 0 heterocycles. The zero-order chi connectivity index (χ0) is 12.4. The molecule has 0 aromatic carbocycles. The van der Waals surface area contributed by atoms with E-state index >= 15 is 0 Å². The van der Waals surface area contributed by atoms with E-state index in [0.717, 1.165) is 6.54 Å². The molecule has 92 valence electrons. The van der Waals surface area contributed by atoms with Crippen molar-refractivity contribution in [1.29, 1.82) is 0 Å². The van der Waals surface area contributed by atoms with E-state index in [2.05, 4.69) is 37.6 Å². The molecular formula is C13H24N2O. The molecule has 0 saturated heterocycles. The zero-order valence-corrected chi connectivity index (χ0v) is 10.5. The Hall–Kier alpha value is -1.09. The molecule has 1 amide bonds. The number of likely N-dealkylation sites (N-methyl/N-ethyl adjacent to an activating group) is 1. The van der Waals surface area contributed by atoms with Crippen LogP contribution in [0.5, 0.6) is 0 Å². The fourth-order valence-electron chi connectivity index (χ4n) is 1.53. The van der Waals surface area contributed by atoms with Crippen molar-refractivity contribution in [1.82, 2.24) is 10.6 Å². The number of allylic oxidation sites excluding steroid dienone is 2. The third-order valence-corrected chi connectivity index (χ3v) is 2.41. The normalized spacial score (nSPS) is 12.2. The summed E-state index contributed by atoms with van der Waals surface area (Å²) in [6, 6.07) is 0.307. The monoisotopic (exact) mass is 224 g/mol. The SMILES string of the molecule is C=CCC(CC=C)C(=O)NC[C@@H](C)NCC. The lowest BCUT2D eigenvalue weighted by Crippen LogP contribution is -2.41. The van der Waals surface area contributed by atoms with Crippen LogP contribution >= 0.6 is 0 Å². The average Bonchev–Trinajstić information content (AvgIpc) is 2.26.